The predicted molar refractivity (Wildman–Crippen MR) is 129 cm³/mol. The van der Waals surface area contributed by atoms with Gasteiger partial charge in [-0.25, -0.2) is 9.52 Å². The van der Waals surface area contributed by atoms with Crippen LogP contribution in [0.1, 0.15) is 22.8 Å². The highest BCUT2D eigenvalue weighted by Gasteiger charge is 2.33. The Morgan fingerprint density at radius 3 is 2.53 bits per heavy atom. The van der Waals surface area contributed by atoms with Crippen LogP contribution in [0.3, 0.4) is 0 Å². The molecule has 1 aliphatic rings. The Balaban J connectivity index is 1.36. The Kier molecular flexibility index (Phi) is 6.82. The lowest BCUT2D eigenvalue weighted by Gasteiger charge is -2.36. The molecule has 4 rings (SSSR count). The summed E-state index contributed by atoms with van der Waals surface area (Å²) in [5.41, 5.74) is 7.94. The number of ether oxygens (including phenoxy) is 1. The molecule has 0 unspecified atom stereocenters. The van der Waals surface area contributed by atoms with Crippen LogP contribution >= 0.6 is 0 Å². The van der Waals surface area contributed by atoms with E-state index in [0.29, 0.717) is 41.6 Å². The van der Waals surface area contributed by atoms with Crippen molar-refractivity contribution in [2.45, 2.75) is 19.6 Å². The monoisotopic (exact) mass is 461 g/mol. The normalized spacial score (nSPS) is 15.6. The summed E-state index contributed by atoms with van der Waals surface area (Å²) in [5.74, 6) is -0.00618. The number of nitrogens with one attached hydrogen (secondary N) is 1. The summed E-state index contributed by atoms with van der Waals surface area (Å²) in [4.78, 5) is 28.7. The Labute approximate surface area is 197 Å². The fourth-order valence-corrected chi connectivity index (χ4v) is 3.90. The maximum Gasteiger partial charge on any atom is 0.410 e. The van der Waals surface area contributed by atoms with Gasteiger partial charge in [0, 0.05) is 6.07 Å². The van der Waals surface area contributed by atoms with Crippen LogP contribution in [0.25, 0.3) is 0 Å². The van der Waals surface area contributed by atoms with Crippen LogP contribution in [0, 0.1) is 5.21 Å². The van der Waals surface area contributed by atoms with Crippen molar-refractivity contribution in [2.24, 2.45) is 0 Å². The van der Waals surface area contributed by atoms with Gasteiger partial charge in [0.1, 0.15) is 25.9 Å². The molecular formula is C25H27N5O4. The van der Waals surface area contributed by atoms with Gasteiger partial charge in [-0.15, -0.1) is 0 Å². The summed E-state index contributed by atoms with van der Waals surface area (Å²) in [6.07, 6.45) is 0.868. The van der Waals surface area contributed by atoms with Crippen molar-refractivity contribution in [1.82, 2.24) is 4.90 Å². The number of nitrogens with two attached hydrogens (primary N) is 1. The van der Waals surface area contributed by atoms with Crippen LogP contribution in [-0.2, 0) is 11.3 Å². The molecule has 1 saturated heterocycles. The van der Waals surface area contributed by atoms with Gasteiger partial charge in [-0.3, -0.25) is 14.6 Å². The van der Waals surface area contributed by atoms with Gasteiger partial charge in [-0.2, -0.15) is 0 Å². The number of aromatic nitrogens is 1. The third-order valence-electron chi connectivity index (χ3n) is 5.76. The quantitative estimate of drug-likeness (QED) is 0.343. The number of anilines is 3. The van der Waals surface area contributed by atoms with Gasteiger partial charge in [-0.1, -0.05) is 42.5 Å². The number of hydrogen-bond acceptors (Lipinski definition) is 6. The summed E-state index contributed by atoms with van der Waals surface area (Å²) >= 11 is 0. The molecule has 2 heterocycles. The third-order valence-corrected chi connectivity index (χ3v) is 5.76. The zero-order valence-corrected chi connectivity index (χ0v) is 18.9. The minimum Gasteiger partial charge on any atom is -0.711 e. The van der Waals surface area contributed by atoms with E-state index in [0.717, 1.165) is 5.56 Å². The van der Waals surface area contributed by atoms with Crippen molar-refractivity contribution in [2.75, 3.05) is 35.6 Å². The highest BCUT2D eigenvalue weighted by Crippen LogP contribution is 2.20. The van der Waals surface area contributed by atoms with Crippen LogP contribution in [0.4, 0.5) is 22.0 Å². The van der Waals surface area contributed by atoms with E-state index in [-0.39, 0.29) is 24.3 Å². The first-order valence-corrected chi connectivity index (χ1v) is 11.0. The molecule has 34 heavy (non-hydrogen) atoms. The van der Waals surface area contributed by atoms with Gasteiger partial charge in [0.2, 0.25) is 0 Å². The second-order valence-electron chi connectivity index (χ2n) is 8.17. The number of rotatable bonds is 5. The molecule has 2 amide bonds. The fraction of sp³-hybridized carbons (Fsp3) is 0.240. The molecule has 3 N–H and O–H groups in total. The van der Waals surface area contributed by atoms with E-state index in [9.17, 15) is 14.8 Å². The van der Waals surface area contributed by atoms with Crippen LogP contribution in [0.15, 0.2) is 72.9 Å². The summed E-state index contributed by atoms with van der Waals surface area (Å²) < 4.78 is 6.13. The van der Waals surface area contributed by atoms with E-state index in [2.05, 4.69) is 5.32 Å². The smallest absolute Gasteiger partial charge is 0.410 e. The topological polar surface area (TPSA) is 115 Å². The standard InChI is InChI=1S/C25H27N5O4/c1-18-15-28(13-14-29(18)25(32)34-17-19-7-3-2-4-8-19)23-12-11-20(16-30(23)33)24(31)27-22-10-6-5-9-21(22)26/h2-12,16,18H,13-15,17,26H2,1H3,(H,27,31)/t18-/m0/s1. The maximum atomic E-state index is 12.7. The van der Waals surface area contributed by atoms with E-state index in [1.54, 1.807) is 41.3 Å². The van der Waals surface area contributed by atoms with Crippen LogP contribution in [0.5, 0.6) is 0 Å². The first-order valence-electron chi connectivity index (χ1n) is 11.0. The van der Waals surface area contributed by atoms with E-state index in [4.69, 9.17) is 10.5 Å². The SMILES string of the molecule is C[C@H]1CN(c2ccc(C(=O)Nc3ccccc3N)c[n+]2[O-])CCN1C(=O)OCc1ccccc1. The molecule has 9 nitrogen and oxygen atoms in total. The molecule has 3 aromatic rings. The fourth-order valence-electron chi connectivity index (χ4n) is 3.90. The summed E-state index contributed by atoms with van der Waals surface area (Å²) in [6.45, 7) is 3.49. The largest absolute Gasteiger partial charge is 0.711 e. The molecule has 0 saturated carbocycles. The number of carbonyl (C=O) groups is 2. The highest BCUT2D eigenvalue weighted by molar-refractivity contribution is 6.05. The predicted octanol–water partition coefficient (Wildman–Crippen LogP) is 3.00. The number of para-hydroxylation sites is 2. The Morgan fingerprint density at radius 1 is 1.09 bits per heavy atom. The van der Waals surface area contributed by atoms with E-state index >= 15 is 0 Å². The van der Waals surface area contributed by atoms with Gasteiger partial charge < -0.3 is 21.0 Å². The van der Waals surface area contributed by atoms with Crippen LogP contribution in [-0.4, -0.2) is 42.6 Å². The Morgan fingerprint density at radius 2 is 1.82 bits per heavy atom. The van der Waals surface area contributed by atoms with E-state index < -0.39 is 5.91 Å². The maximum absolute atomic E-state index is 12.7. The van der Waals surface area contributed by atoms with Crippen LogP contribution < -0.4 is 20.7 Å². The summed E-state index contributed by atoms with van der Waals surface area (Å²) in [6, 6.07) is 19.5. The van der Waals surface area contributed by atoms with Crippen molar-refractivity contribution >= 4 is 29.2 Å². The van der Waals surface area contributed by atoms with Crippen molar-refractivity contribution in [1.29, 1.82) is 0 Å². The van der Waals surface area contributed by atoms with Gasteiger partial charge in [0.15, 0.2) is 0 Å². The first kappa shape index (κ1) is 22.9. The number of amides is 2. The molecule has 0 bridgehead atoms. The molecule has 2 aromatic carbocycles. The minimum atomic E-state index is -0.423. The lowest BCUT2D eigenvalue weighted by atomic mass is 10.2. The van der Waals surface area contributed by atoms with Gasteiger partial charge in [-0.05, 0) is 30.7 Å². The second kappa shape index (κ2) is 10.1. The number of benzene rings is 2. The number of carbonyl (C=O) groups excluding carboxylic acids is 2. The molecule has 9 heteroatoms. The molecule has 1 atom stereocenters. The number of nitrogens with zero attached hydrogens (tertiary/aromatic N) is 3. The molecule has 0 aliphatic carbocycles. The Bertz CT molecular complexity index is 1170. The first-order chi connectivity index (χ1) is 16.4. The number of hydrogen-bond donors (Lipinski definition) is 2. The molecule has 1 aromatic heterocycles. The number of nitrogen functional groups attached to an aromatic ring is 1. The average molecular weight is 462 g/mol. The van der Waals surface area contributed by atoms with E-state index in [1.807, 2.05) is 42.2 Å². The zero-order chi connectivity index (χ0) is 24.1. The van der Waals surface area contributed by atoms with Crippen molar-refractivity contribution in [3.05, 3.63) is 89.3 Å². The van der Waals surface area contributed by atoms with Crippen LogP contribution in [0.2, 0.25) is 0 Å². The molecule has 176 valence electrons. The molecule has 0 spiro atoms. The van der Waals surface area contributed by atoms with Gasteiger partial charge in [0.05, 0.1) is 29.5 Å². The molecular weight excluding hydrogens is 434 g/mol. The van der Waals surface area contributed by atoms with Crippen molar-refractivity contribution in [3.63, 3.8) is 0 Å². The minimum absolute atomic E-state index is 0.152. The second-order valence-corrected chi connectivity index (χ2v) is 8.17. The summed E-state index contributed by atoms with van der Waals surface area (Å²) in [5, 5.41) is 15.4. The zero-order valence-electron chi connectivity index (χ0n) is 18.9. The Hall–Kier alpha value is -4.27. The van der Waals surface area contributed by atoms with Gasteiger partial charge >= 0.3 is 6.09 Å². The molecule has 1 aliphatic heterocycles. The third kappa shape index (κ3) is 5.20. The summed E-state index contributed by atoms with van der Waals surface area (Å²) in [7, 11) is 0. The highest BCUT2D eigenvalue weighted by atomic mass is 16.6. The number of piperazine rings is 1. The average Bonchev–Trinajstić information content (AvgIpc) is 2.84. The molecule has 1 fully saturated rings. The van der Waals surface area contributed by atoms with Gasteiger partial charge in [0.25, 0.3) is 11.7 Å². The van der Waals surface area contributed by atoms with Crippen molar-refractivity contribution in [3.8, 4) is 0 Å². The van der Waals surface area contributed by atoms with Crippen molar-refractivity contribution < 1.29 is 19.1 Å². The van der Waals surface area contributed by atoms with E-state index in [1.165, 1.54) is 6.20 Å². The lowest BCUT2D eigenvalue weighted by Crippen LogP contribution is -2.56. The molecule has 0 radical (unpaired) electrons. The lowest BCUT2D eigenvalue weighted by molar-refractivity contribution is -0.592. The number of pyridine rings is 1.